The maximum absolute atomic E-state index is 11.1. The molecule has 0 heterocycles. The van der Waals surface area contributed by atoms with Gasteiger partial charge in [-0.25, -0.2) is 0 Å². The lowest BCUT2D eigenvalue weighted by molar-refractivity contribution is -0.112. The molecule has 0 atom stereocenters. The van der Waals surface area contributed by atoms with Crippen molar-refractivity contribution in [2.24, 2.45) is 5.92 Å². The van der Waals surface area contributed by atoms with Crippen LogP contribution in [0.3, 0.4) is 0 Å². The van der Waals surface area contributed by atoms with E-state index in [4.69, 9.17) is 0 Å². The van der Waals surface area contributed by atoms with E-state index in [-0.39, 0.29) is 5.78 Å². The van der Waals surface area contributed by atoms with E-state index >= 15 is 0 Å². The van der Waals surface area contributed by atoms with Crippen molar-refractivity contribution >= 4 is 11.4 Å². The van der Waals surface area contributed by atoms with Gasteiger partial charge in [0.1, 0.15) is 0 Å². The minimum absolute atomic E-state index is 0.149. The van der Waals surface area contributed by atoms with Crippen molar-refractivity contribution < 1.29 is 4.79 Å². The van der Waals surface area contributed by atoms with Crippen LogP contribution in [0.1, 0.15) is 25.3 Å². The first-order chi connectivity index (χ1) is 6.77. The maximum atomic E-state index is 11.1. The number of carbonyl (C=O) groups excluding carboxylic acids is 1. The summed E-state index contributed by atoms with van der Waals surface area (Å²) >= 11 is 0. The molecule has 0 saturated heterocycles. The largest absolute Gasteiger partial charge is 0.295 e. The Morgan fingerprint density at radius 2 is 1.93 bits per heavy atom. The predicted octanol–water partition coefficient (Wildman–Crippen LogP) is 3.07. The van der Waals surface area contributed by atoms with Crippen molar-refractivity contribution in [3.63, 3.8) is 0 Å². The van der Waals surface area contributed by atoms with Crippen LogP contribution in [0.15, 0.2) is 36.4 Å². The van der Waals surface area contributed by atoms with Crippen LogP contribution in [0, 0.1) is 5.92 Å². The Bertz CT molecular complexity index is 358. The van der Waals surface area contributed by atoms with Crippen LogP contribution in [0.5, 0.6) is 0 Å². The normalized spacial score (nSPS) is 16.8. The molecular formula is C13H14O. The molecule has 0 bridgehead atoms. The lowest BCUT2D eigenvalue weighted by atomic mass is 10.0. The van der Waals surface area contributed by atoms with Gasteiger partial charge in [-0.05, 0) is 42.9 Å². The second-order valence-corrected chi connectivity index (χ2v) is 3.85. The minimum atomic E-state index is 0.149. The van der Waals surface area contributed by atoms with Gasteiger partial charge in [-0.15, -0.1) is 0 Å². The van der Waals surface area contributed by atoms with E-state index < -0.39 is 0 Å². The maximum Gasteiger partial charge on any atom is 0.152 e. The van der Waals surface area contributed by atoms with Crippen molar-refractivity contribution in [1.82, 2.24) is 0 Å². The summed E-state index contributed by atoms with van der Waals surface area (Å²) in [5.41, 5.74) is 2.42. The Kier molecular flexibility index (Phi) is 2.49. The molecule has 1 aliphatic carbocycles. The van der Waals surface area contributed by atoms with Gasteiger partial charge in [-0.3, -0.25) is 4.79 Å². The Labute approximate surface area is 84.5 Å². The van der Waals surface area contributed by atoms with Crippen LogP contribution in [0.2, 0.25) is 0 Å². The molecule has 0 amide bonds. The number of carbonyl (C=O) groups is 1. The van der Waals surface area contributed by atoms with Crippen molar-refractivity contribution in [3.05, 3.63) is 42.0 Å². The van der Waals surface area contributed by atoms with Gasteiger partial charge in [-0.2, -0.15) is 0 Å². The SMILES string of the molecule is CC(=O)/C=C(/c1ccccc1)C1CC1. The van der Waals surface area contributed by atoms with Crippen LogP contribution >= 0.6 is 0 Å². The quantitative estimate of drug-likeness (QED) is 0.663. The van der Waals surface area contributed by atoms with E-state index in [2.05, 4.69) is 12.1 Å². The average Bonchev–Trinajstić information content (AvgIpc) is 2.99. The molecule has 0 aromatic heterocycles. The molecule has 1 aromatic rings. The van der Waals surface area contributed by atoms with Crippen LogP contribution in [-0.4, -0.2) is 5.78 Å². The second kappa shape index (κ2) is 3.79. The molecule has 0 aliphatic heterocycles. The van der Waals surface area contributed by atoms with E-state index in [1.807, 2.05) is 18.2 Å². The van der Waals surface area contributed by atoms with Gasteiger partial charge in [0.05, 0.1) is 0 Å². The number of hydrogen-bond donors (Lipinski definition) is 0. The summed E-state index contributed by atoms with van der Waals surface area (Å²) in [6.07, 6.45) is 4.25. The Morgan fingerprint density at radius 3 is 2.43 bits per heavy atom. The van der Waals surface area contributed by atoms with Gasteiger partial charge in [-0.1, -0.05) is 30.3 Å². The van der Waals surface area contributed by atoms with Gasteiger partial charge in [0.15, 0.2) is 5.78 Å². The summed E-state index contributed by atoms with van der Waals surface area (Å²) in [6.45, 7) is 1.62. The highest BCUT2D eigenvalue weighted by atomic mass is 16.1. The molecule has 1 nitrogen and oxygen atoms in total. The average molecular weight is 186 g/mol. The third-order valence-corrected chi connectivity index (χ3v) is 2.48. The summed E-state index contributed by atoms with van der Waals surface area (Å²) in [5.74, 6) is 0.775. The number of rotatable bonds is 3. The molecule has 1 aromatic carbocycles. The third-order valence-electron chi connectivity index (χ3n) is 2.48. The molecule has 0 radical (unpaired) electrons. The highest BCUT2D eigenvalue weighted by Gasteiger charge is 2.26. The van der Waals surface area contributed by atoms with E-state index in [0.717, 1.165) is 0 Å². The zero-order valence-electron chi connectivity index (χ0n) is 8.36. The highest BCUT2D eigenvalue weighted by molar-refractivity contribution is 5.95. The van der Waals surface area contributed by atoms with Gasteiger partial charge in [0.25, 0.3) is 0 Å². The van der Waals surface area contributed by atoms with E-state index in [9.17, 15) is 4.79 Å². The van der Waals surface area contributed by atoms with E-state index in [1.165, 1.54) is 24.0 Å². The molecule has 1 heteroatoms. The Hall–Kier alpha value is -1.37. The molecule has 1 aliphatic rings. The van der Waals surface area contributed by atoms with Gasteiger partial charge < -0.3 is 0 Å². The molecule has 0 N–H and O–H groups in total. The third kappa shape index (κ3) is 2.11. The summed E-state index contributed by atoms with van der Waals surface area (Å²) in [4.78, 5) is 11.1. The number of benzene rings is 1. The summed E-state index contributed by atoms with van der Waals surface area (Å²) in [6, 6.07) is 10.2. The fourth-order valence-corrected chi connectivity index (χ4v) is 1.68. The fraction of sp³-hybridized carbons (Fsp3) is 0.308. The zero-order valence-corrected chi connectivity index (χ0v) is 8.36. The topological polar surface area (TPSA) is 17.1 Å². The molecule has 14 heavy (non-hydrogen) atoms. The highest BCUT2D eigenvalue weighted by Crippen LogP contribution is 2.41. The summed E-state index contributed by atoms with van der Waals surface area (Å²) < 4.78 is 0. The summed E-state index contributed by atoms with van der Waals surface area (Å²) in [7, 11) is 0. The standard InChI is InChI=1S/C13H14O/c1-10(14)9-13(12-7-8-12)11-5-3-2-4-6-11/h2-6,9,12H,7-8H2,1H3/b13-9-. The Balaban J connectivity index is 2.32. The molecule has 1 fully saturated rings. The molecule has 1 saturated carbocycles. The van der Waals surface area contributed by atoms with E-state index in [0.29, 0.717) is 5.92 Å². The van der Waals surface area contributed by atoms with Crippen molar-refractivity contribution in [1.29, 1.82) is 0 Å². The smallest absolute Gasteiger partial charge is 0.152 e. The van der Waals surface area contributed by atoms with Crippen LogP contribution in [-0.2, 0) is 4.79 Å². The van der Waals surface area contributed by atoms with Gasteiger partial charge >= 0.3 is 0 Å². The number of ketones is 1. The lowest BCUT2D eigenvalue weighted by Gasteiger charge is -2.04. The molecule has 0 spiro atoms. The van der Waals surface area contributed by atoms with Crippen molar-refractivity contribution in [3.8, 4) is 0 Å². The summed E-state index contributed by atoms with van der Waals surface area (Å²) in [5, 5.41) is 0. The predicted molar refractivity (Wildman–Crippen MR) is 57.8 cm³/mol. The van der Waals surface area contributed by atoms with E-state index in [1.54, 1.807) is 13.0 Å². The first-order valence-electron chi connectivity index (χ1n) is 5.05. The fourth-order valence-electron chi connectivity index (χ4n) is 1.68. The Morgan fingerprint density at radius 1 is 1.29 bits per heavy atom. The first kappa shape index (κ1) is 9.20. The van der Waals surface area contributed by atoms with Crippen molar-refractivity contribution in [2.45, 2.75) is 19.8 Å². The van der Waals surface area contributed by atoms with Crippen molar-refractivity contribution in [2.75, 3.05) is 0 Å². The zero-order chi connectivity index (χ0) is 9.97. The monoisotopic (exact) mass is 186 g/mol. The number of hydrogen-bond acceptors (Lipinski definition) is 1. The molecular weight excluding hydrogens is 172 g/mol. The van der Waals surface area contributed by atoms with Gasteiger partial charge in [0.2, 0.25) is 0 Å². The second-order valence-electron chi connectivity index (χ2n) is 3.85. The number of allylic oxidation sites excluding steroid dienone is 2. The minimum Gasteiger partial charge on any atom is -0.295 e. The molecule has 72 valence electrons. The first-order valence-corrected chi connectivity index (χ1v) is 5.05. The molecule has 0 unspecified atom stereocenters. The van der Waals surface area contributed by atoms with Crippen LogP contribution in [0.25, 0.3) is 5.57 Å². The van der Waals surface area contributed by atoms with Crippen LogP contribution < -0.4 is 0 Å². The van der Waals surface area contributed by atoms with Gasteiger partial charge in [0, 0.05) is 0 Å². The lowest BCUT2D eigenvalue weighted by Crippen LogP contribution is -1.91. The molecule has 2 rings (SSSR count). The van der Waals surface area contributed by atoms with Crippen LogP contribution in [0.4, 0.5) is 0 Å².